The third-order valence-corrected chi connectivity index (χ3v) is 6.51. The van der Waals surface area contributed by atoms with Gasteiger partial charge in [0.1, 0.15) is 11.4 Å². The number of nitrogens with zero attached hydrogens (tertiary/aromatic N) is 2. The summed E-state index contributed by atoms with van der Waals surface area (Å²) in [5, 5.41) is 0.441. The number of aryl methyl sites for hydroxylation is 2. The van der Waals surface area contributed by atoms with Gasteiger partial charge in [-0.1, -0.05) is 12.1 Å². The molecule has 1 saturated heterocycles. The summed E-state index contributed by atoms with van der Waals surface area (Å²) < 4.78 is 25.5. The van der Waals surface area contributed by atoms with Crippen molar-refractivity contribution in [3.05, 3.63) is 80.5 Å². The van der Waals surface area contributed by atoms with Crippen LogP contribution in [-0.2, 0) is 4.74 Å². The van der Waals surface area contributed by atoms with Gasteiger partial charge in [-0.05, 0) is 54.8 Å². The Hall–Kier alpha value is -3.03. The average molecular weight is 436 g/mol. The van der Waals surface area contributed by atoms with Crippen LogP contribution in [0.4, 0.5) is 4.39 Å². The predicted octanol–water partition coefficient (Wildman–Crippen LogP) is 3.43. The van der Waals surface area contributed by atoms with Crippen molar-refractivity contribution in [2.45, 2.75) is 19.9 Å². The van der Waals surface area contributed by atoms with Gasteiger partial charge < -0.3 is 14.1 Å². The molecule has 32 heavy (non-hydrogen) atoms. The van der Waals surface area contributed by atoms with Crippen molar-refractivity contribution in [2.75, 3.05) is 39.4 Å². The van der Waals surface area contributed by atoms with Crippen molar-refractivity contribution < 1.29 is 18.3 Å². The van der Waals surface area contributed by atoms with E-state index in [4.69, 9.17) is 9.15 Å². The molecule has 0 saturated carbocycles. The standard InChI is InChI=1S/C25H25FN2O4/c1-15-12-19-20(13-16(15)2)32-24-21(23(19)29)22(17-4-3-5-18(26)14-17)28(25(24)30)7-6-27-8-10-31-11-9-27/h3-5,12-14,22H,6-11H2,1-2H3. The number of carbonyl (C=O) groups excluding carboxylic acids is 1. The van der Waals surface area contributed by atoms with Gasteiger partial charge in [-0.25, -0.2) is 4.39 Å². The van der Waals surface area contributed by atoms with E-state index < -0.39 is 11.9 Å². The van der Waals surface area contributed by atoms with Crippen LogP contribution in [0.2, 0.25) is 0 Å². The number of rotatable bonds is 4. The monoisotopic (exact) mass is 436 g/mol. The maximum Gasteiger partial charge on any atom is 0.290 e. The van der Waals surface area contributed by atoms with Crippen LogP contribution in [0.25, 0.3) is 11.0 Å². The predicted molar refractivity (Wildman–Crippen MR) is 118 cm³/mol. The highest BCUT2D eigenvalue weighted by atomic mass is 19.1. The van der Waals surface area contributed by atoms with E-state index in [1.165, 1.54) is 12.1 Å². The quantitative estimate of drug-likeness (QED) is 0.627. The molecule has 2 aromatic carbocycles. The molecule has 5 rings (SSSR count). The van der Waals surface area contributed by atoms with Crippen LogP contribution in [0.3, 0.4) is 0 Å². The third-order valence-electron chi connectivity index (χ3n) is 6.51. The number of carbonyl (C=O) groups is 1. The first-order chi connectivity index (χ1) is 15.4. The molecular formula is C25H25FN2O4. The van der Waals surface area contributed by atoms with E-state index in [-0.39, 0.29) is 17.1 Å². The molecule has 6 nitrogen and oxygen atoms in total. The van der Waals surface area contributed by atoms with Gasteiger partial charge in [-0.2, -0.15) is 0 Å². The molecule has 1 amide bonds. The number of hydrogen-bond acceptors (Lipinski definition) is 5. The lowest BCUT2D eigenvalue weighted by molar-refractivity contribution is 0.0314. The molecule has 0 spiro atoms. The topological polar surface area (TPSA) is 63.0 Å². The minimum Gasteiger partial charge on any atom is -0.450 e. The number of morpholine rings is 1. The molecule has 0 bridgehead atoms. The first-order valence-corrected chi connectivity index (χ1v) is 10.9. The van der Waals surface area contributed by atoms with Crippen LogP contribution in [0, 0.1) is 19.7 Å². The highest BCUT2D eigenvalue weighted by Crippen LogP contribution is 2.38. The zero-order valence-corrected chi connectivity index (χ0v) is 18.2. The molecule has 0 radical (unpaired) electrons. The van der Waals surface area contributed by atoms with E-state index in [2.05, 4.69) is 4.90 Å². The van der Waals surface area contributed by atoms with Crippen molar-refractivity contribution in [1.82, 2.24) is 9.80 Å². The smallest absolute Gasteiger partial charge is 0.290 e. The first-order valence-electron chi connectivity index (χ1n) is 10.9. The molecule has 1 aromatic heterocycles. The van der Waals surface area contributed by atoms with Crippen LogP contribution in [0.5, 0.6) is 0 Å². The lowest BCUT2D eigenvalue weighted by Crippen LogP contribution is -2.42. The van der Waals surface area contributed by atoms with Crippen LogP contribution in [0.1, 0.15) is 38.9 Å². The summed E-state index contributed by atoms with van der Waals surface area (Å²) in [4.78, 5) is 30.9. The highest BCUT2D eigenvalue weighted by Gasteiger charge is 2.42. The van der Waals surface area contributed by atoms with Gasteiger partial charge in [0.15, 0.2) is 5.43 Å². The van der Waals surface area contributed by atoms with Gasteiger partial charge in [0.2, 0.25) is 5.76 Å². The molecule has 7 heteroatoms. The molecule has 0 N–H and O–H groups in total. The van der Waals surface area contributed by atoms with Crippen molar-refractivity contribution in [3.8, 4) is 0 Å². The van der Waals surface area contributed by atoms with E-state index in [0.717, 1.165) is 24.2 Å². The first kappa shape index (κ1) is 20.8. The molecule has 3 aromatic rings. The van der Waals surface area contributed by atoms with Gasteiger partial charge >= 0.3 is 0 Å². The molecule has 166 valence electrons. The fourth-order valence-electron chi connectivity index (χ4n) is 4.60. The summed E-state index contributed by atoms with van der Waals surface area (Å²) in [5.74, 6) is -0.685. The zero-order valence-electron chi connectivity index (χ0n) is 18.2. The maximum absolute atomic E-state index is 14.1. The second-order valence-corrected chi connectivity index (χ2v) is 8.52. The Bertz CT molecular complexity index is 1260. The Morgan fingerprint density at radius 1 is 1.03 bits per heavy atom. The Kier molecular flexibility index (Phi) is 5.31. The second-order valence-electron chi connectivity index (χ2n) is 8.52. The maximum atomic E-state index is 14.1. The number of fused-ring (bicyclic) bond motifs is 2. The van der Waals surface area contributed by atoms with Crippen molar-refractivity contribution in [3.63, 3.8) is 0 Å². The lowest BCUT2D eigenvalue weighted by atomic mass is 9.97. The Morgan fingerprint density at radius 2 is 1.78 bits per heavy atom. The summed E-state index contributed by atoms with van der Waals surface area (Å²) in [6, 6.07) is 9.02. The number of ether oxygens (including phenoxy) is 1. The van der Waals surface area contributed by atoms with Gasteiger partial charge in [0, 0.05) is 26.2 Å². The highest BCUT2D eigenvalue weighted by molar-refractivity contribution is 5.99. The lowest BCUT2D eigenvalue weighted by Gasteiger charge is -2.31. The Labute approximate surface area is 185 Å². The van der Waals surface area contributed by atoms with E-state index in [1.54, 1.807) is 29.2 Å². The minimum atomic E-state index is -0.684. The van der Waals surface area contributed by atoms with Gasteiger partial charge in [-0.3, -0.25) is 14.5 Å². The van der Waals surface area contributed by atoms with Gasteiger partial charge in [-0.15, -0.1) is 0 Å². The van der Waals surface area contributed by atoms with E-state index in [0.29, 0.717) is 48.4 Å². The number of amides is 1. The number of hydrogen-bond donors (Lipinski definition) is 0. The fraction of sp³-hybridized carbons (Fsp3) is 0.360. The SMILES string of the molecule is Cc1cc2oc3c(c(=O)c2cc1C)C(c1cccc(F)c1)N(CCN1CCOCC1)C3=O. The van der Waals surface area contributed by atoms with Crippen LogP contribution < -0.4 is 5.43 Å². The largest absolute Gasteiger partial charge is 0.450 e. The van der Waals surface area contributed by atoms with Crippen LogP contribution in [-0.4, -0.2) is 55.1 Å². The van der Waals surface area contributed by atoms with Gasteiger partial charge in [0.05, 0.1) is 30.2 Å². The van der Waals surface area contributed by atoms with Crippen LogP contribution >= 0.6 is 0 Å². The minimum absolute atomic E-state index is 0.0574. The fourth-order valence-corrected chi connectivity index (χ4v) is 4.60. The average Bonchev–Trinajstić information content (AvgIpc) is 3.06. The Balaban J connectivity index is 1.63. The normalized spacial score (nSPS) is 19.0. The summed E-state index contributed by atoms with van der Waals surface area (Å²) in [6.07, 6.45) is 0. The number of benzene rings is 2. The zero-order chi connectivity index (χ0) is 22.4. The molecule has 1 fully saturated rings. The van der Waals surface area contributed by atoms with Crippen molar-refractivity contribution >= 4 is 16.9 Å². The van der Waals surface area contributed by atoms with E-state index in [9.17, 15) is 14.0 Å². The molecule has 1 unspecified atom stereocenters. The summed E-state index contributed by atoms with van der Waals surface area (Å²) in [5.41, 5.74) is 2.98. The summed E-state index contributed by atoms with van der Waals surface area (Å²) in [7, 11) is 0. The molecule has 0 aliphatic carbocycles. The van der Waals surface area contributed by atoms with Crippen molar-refractivity contribution in [2.24, 2.45) is 0 Å². The molecular weight excluding hydrogens is 411 g/mol. The third kappa shape index (κ3) is 3.51. The number of halogens is 1. The van der Waals surface area contributed by atoms with E-state index in [1.807, 2.05) is 13.8 Å². The summed E-state index contributed by atoms with van der Waals surface area (Å²) in [6.45, 7) is 7.81. The van der Waals surface area contributed by atoms with Crippen LogP contribution in [0.15, 0.2) is 45.6 Å². The van der Waals surface area contributed by atoms with E-state index >= 15 is 0 Å². The molecule has 2 aliphatic heterocycles. The van der Waals surface area contributed by atoms with Gasteiger partial charge in [0.25, 0.3) is 5.91 Å². The Morgan fingerprint density at radius 3 is 2.53 bits per heavy atom. The molecule has 3 heterocycles. The molecule has 1 atom stereocenters. The second kappa shape index (κ2) is 8.15. The van der Waals surface area contributed by atoms with Crippen molar-refractivity contribution in [1.29, 1.82) is 0 Å². The summed E-state index contributed by atoms with van der Waals surface area (Å²) >= 11 is 0. The molecule has 2 aliphatic rings.